The van der Waals surface area contributed by atoms with Crippen molar-refractivity contribution in [1.29, 1.82) is 0 Å². The highest BCUT2D eigenvalue weighted by Crippen LogP contribution is 2.41. The number of amides is 2. The van der Waals surface area contributed by atoms with E-state index in [1.807, 2.05) is 11.9 Å². The minimum atomic E-state index is -1.32. The van der Waals surface area contributed by atoms with E-state index >= 15 is 0 Å². The molecule has 204 valence electrons. The van der Waals surface area contributed by atoms with Gasteiger partial charge in [0.05, 0.1) is 5.60 Å². The molecule has 1 aromatic carbocycles. The lowest BCUT2D eigenvalue weighted by Gasteiger charge is -2.43. The van der Waals surface area contributed by atoms with E-state index in [0.29, 0.717) is 37.6 Å². The summed E-state index contributed by atoms with van der Waals surface area (Å²) >= 11 is 0. The fraction of sp³-hybridized carbons (Fsp3) is 0.759. The fourth-order valence-corrected chi connectivity index (χ4v) is 6.24. The van der Waals surface area contributed by atoms with Crippen LogP contribution in [0, 0.1) is 23.6 Å². The van der Waals surface area contributed by atoms with Crippen molar-refractivity contribution in [2.75, 3.05) is 40.4 Å². The number of benzene rings is 1. The maximum atomic E-state index is 14.9. The van der Waals surface area contributed by atoms with E-state index in [1.54, 1.807) is 25.3 Å². The summed E-state index contributed by atoms with van der Waals surface area (Å²) in [5.74, 6) is 0.863. The van der Waals surface area contributed by atoms with Gasteiger partial charge in [0.2, 0.25) is 0 Å². The zero-order valence-electron chi connectivity index (χ0n) is 22.6. The van der Waals surface area contributed by atoms with Gasteiger partial charge in [-0.05, 0) is 63.5 Å². The summed E-state index contributed by atoms with van der Waals surface area (Å²) in [5, 5.41) is 18.5. The summed E-state index contributed by atoms with van der Waals surface area (Å²) in [6, 6.07) is 6.55. The zero-order chi connectivity index (χ0) is 26.0. The lowest BCUT2D eigenvalue weighted by Crippen LogP contribution is -2.54. The normalized spacial score (nSPS) is 25.2. The Morgan fingerprint density at radius 1 is 1.22 bits per heavy atom. The Kier molecular flexibility index (Phi) is 11.5. The van der Waals surface area contributed by atoms with Crippen LogP contribution in [0.25, 0.3) is 0 Å². The zero-order valence-corrected chi connectivity index (χ0v) is 22.6. The predicted octanol–water partition coefficient (Wildman–Crippen LogP) is 5.06. The number of unbranched alkanes of at least 4 members (excludes halogenated alkanes) is 1. The molecule has 3 atom stereocenters. The van der Waals surface area contributed by atoms with E-state index in [2.05, 4.69) is 17.6 Å². The second-order valence-corrected chi connectivity index (χ2v) is 11.2. The predicted molar refractivity (Wildman–Crippen MR) is 142 cm³/mol. The van der Waals surface area contributed by atoms with Crippen LogP contribution in [0.3, 0.4) is 0 Å². The third-order valence-corrected chi connectivity index (χ3v) is 8.41. The summed E-state index contributed by atoms with van der Waals surface area (Å²) in [6.07, 6.45) is 9.55. The molecule has 2 fully saturated rings. The number of nitrogens with zero attached hydrogens (tertiary/aromatic N) is 1. The number of likely N-dealkylation sites (tertiary alicyclic amines) is 1. The summed E-state index contributed by atoms with van der Waals surface area (Å²) < 4.78 is 20.1. The Balaban J connectivity index is 1.67. The van der Waals surface area contributed by atoms with Crippen LogP contribution >= 0.6 is 0 Å². The van der Waals surface area contributed by atoms with Crippen molar-refractivity contribution in [3.63, 3.8) is 0 Å². The quantitative estimate of drug-likeness (QED) is 0.347. The molecule has 1 saturated carbocycles. The maximum Gasteiger partial charge on any atom is 0.317 e. The topological polar surface area (TPSA) is 73.8 Å². The minimum Gasteiger partial charge on any atom is -0.385 e. The van der Waals surface area contributed by atoms with Crippen LogP contribution in [-0.4, -0.2) is 62.5 Å². The van der Waals surface area contributed by atoms with Gasteiger partial charge in [-0.1, -0.05) is 50.8 Å². The molecule has 2 aliphatic rings. The SMILES string of the molecule is CNC[C@H](CC1CCC(C)CC1)NC(=O)N1CCC[C@@H]([C@@](O)(CCCCOC)c2ccccc2F)C1. The molecular formula is C29H48FN3O3. The molecule has 1 aliphatic carbocycles. The smallest absolute Gasteiger partial charge is 0.317 e. The highest BCUT2D eigenvalue weighted by atomic mass is 19.1. The number of nitrogens with one attached hydrogen (secondary N) is 2. The van der Waals surface area contributed by atoms with Gasteiger partial charge in [0.25, 0.3) is 0 Å². The number of piperidine rings is 1. The largest absolute Gasteiger partial charge is 0.385 e. The van der Waals surface area contributed by atoms with Crippen LogP contribution in [-0.2, 0) is 10.3 Å². The number of carbonyl (C=O) groups is 1. The Morgan fingerprint density at radius 3 is 2.67 bits per heavy atom. The lowest BCUT2D eigenvalue weighted by molar-refractivity contribution is -0.0587. The number of aliphatic hydroxyl groups is 1. The molecule has 1 aromatic rings. The molecular weight excluding hydrogens is 457 g/mol. The van der Waals surface area contributed by atoms with Crippen molar-refractivity contribution < 1.29 is 19.0 Å². The van der Waals surface area contributed by atoms with E-state index in [9.17, 15) is 14.3 Å². The Bertz CT molecular complexity index is 802. The fourth-order valence-electron chi connectivity index (χ4n) is 6.24. The van der Waals surface area contributed by atoms with Gasteiger partial charge >= 0.3 is 6.03 Å². The van der Waals surface area contributed by atoms with Crippen LogP contribution in [0.1, 0.15) is 76.7 Å². The third kappa shape index (κ3) is 7.90. The second-order valence-electron chi connectivity index (χ2n) is 11.2. The van der Waals surface area contributed by atoms with Crippen LogP contribution in [0.5, 0.6) is 0 Å². The van der Waals surface area contributed by atoms with Crippen molar-refractivity contribution in [1.82, 2.24) is 15.5 Å². The average Bonchev–Trinajstić information content (AvgIpc) is 2.88. The molecule has 3 N–H and O–H groups in total. The molecule has 2 amide bonds. The van der Waals surface area contributed by atoms with E-state index in [-0.39, 0.29) is 23.8 Å². The second kappa shape index (κ2) is 14.3. The number of rotatable bonds is 12. The number of ether oxygens (including phenoxy) is 1. The van der Waals surface area contributed by atoms with Gasteiger partial charge in [-0.2, -0.15) is 0 Å². The van der Waals surface area contributed by atoms with Gasteiger partial charge in [0.1, 0.15) is 5.82 Å². The number of hydrogen-bond acceptors (Lipinski definition) is 4. The number of likely N-dealkylation sites (N-methyl/N-ethyl adjacent to an activating group) is 1. The highest BCUT2D eigenvalue weighted by molar-refractivity contribution is 5.74. The molecule has 0 unspecified atom stereocenters. The number of carbonyl (C=O) groups excluding carboxylic acids is 1. The van der Waals surface area contributed by atoms with E-state index < -0.39 is 5.60 Å². The van der Waals surface area contributed by atoms with Crippen LogP contribution < -0.4 is 10.6 Å². The van der Waals surface area contributed by atoms with Gasteiger partial charge in [-0.15, -0.1) is 0 Å². The lowest BCUT2D eigenvalue weighted by atomic mass is 9.74. The van der Waals surface area contributed by atoms with Crippen LogP contribution in [0.4, 0.5) is 9.18 Å². The molecule has 0 radical (unpaired) electrons. The molecule has 0 spiro atoms. The Labute approximate surface area is 217 Å². The Morgan fingerprint density at radius 2 is 1.97 bits per heavy atom. The maximum absolute atomic E-state index is 14.9. The molecule has 6 nitrogen and oxygen atoms in total. The van der Waals surface area contributed by atoms with Crippen molar-refractivity contribution in [3.05, 3.63) is 35.6 Å². The Hall–Kier alpha value is -1.70. The van der Waals surface area contributed by atoms with Crippen LogP contribution in [0.2, 0.25) is 0 Å². The molecule has 1 saturated heterocycles. The number of hydrogen-bond donors (Lipinski definition) is 3. The molecule has 0 bridgehead atoms. The summed E-state index contributed by atoms with van der Waals surface area (Å²) in [5.41, 5.74) is -0.976. The molecule has 3 rings (SSSR count). The molecule has 0 aromatic heterocycles. The number of methoxy groups -OCH3 is 1. The molecule has 1 heterocycles. The van der Waals surface area contributed by atoms with E-state index in [1.165, 1.54) is 31.7 Å². The first-order valence-electron chi connectivity index (χ1n) is 14.0. The number of halogens is 1. The highest BCUT2D eigenvalue weighted by Gasteiger charge is 2.42. The van der Waals surface area contributed by atoms with Gasteiger partial charge < -0.3 is 25.4 Å². The van der Waals surface area contributed by atoms with Gasteiger partial charge in [0.15, 0.2) is 0 Å². The first kappa shape index (κ1) is 28.9. The molecule has 36 heavy (non-hydrogen) atoms. The third-order valence-electron chi connectivity index (χ3n) is 8.41. The first-order valence-corrected chi connectivity index (χ1v) is 14.0. The average molecular weight is 506 g/mol. The van der Waals surface area contributed by atoms with E-state index in [4.69, 9.17) is 4.74 Å². The summed E-state index contributed by atoms with van der Waals surface area (Å²) in [6.45, 7) is 4.77. The van der Waals surface area contributed by atoms with Crippen molar-refractivity contribution in [3.8, 4) is 0 Å². The molecule has 7 heteroatoms. The van der Waals surface area contributed by atoms with Gasteiger partial charge in [0, 0.05) is 50.9 Å². The molecule has 1 aliphatic heterocycles. The van der Waals surface area contributed by atoms with Crippen molar-refractivity contribution in [2.45, 2.75) is 82.8 Å². The number of urea groups is 1. The van der Waals surface area contributed by atoms with Crippen molar-refractivity contribution >= 4 is 6.03 Å². The van der Waals surface area contributed by atoms with Gasteiger partial charge in [-0.25, -0.2) is 9.18 Å². The minimum absolute atomic E-state index is 0.0700. The van der Waals surface area contributed by atoms with E-state index in [0.717, 1.165) is 44.6 Å². The van der Waals surface area contributed by atoms with Crippen molar-refractivity contribution in [2.24, 2.45) is 17.8 Å². The monoisotopic (exact) mass is 505 g/mol. The standard InChI is InChI=1S/C29H48FN3O3/c1-22-12-14-23(15-13-22)19-25(20-31-2)32-28(34)33-17-8-9-24(21-33)29(35,16-6-7-18-36-3)26-10-4-5-11-27(26)30/h4-5,10-11,22-25,31,35H,6-9,12-21H2,1-3H3,(H,32,34)/t22?,23?,24-,25+,29+/m1/s1. The van der Waals surface area contributed by atoms with Gasteiger partial charge in [-0.3, -0.25) is 0 Å². The first-order chi connectivity index (χ1) is 17.4. The summed E-state index contributed by atoms with van der Waals surface area (Å²) in [4.78, 5) is 15.2. The summed E-state index contributed by atoms with van der Waals surface area (Å²) in [7, 11) is 3.59. The van der Waals surface area contributed by atoms with Crippen LogP contribution in [0.15, 0.2) is 24.3 Å².